The van der Waals surface area contributed by atoms with Gasteiger partial charge in [-0.05, 0) is 18.2 Å². The number of aliphatic carboxylic acids is 1. The van der Waals surface area contributed by atoms with Gasteiger partial charge in [-0.1, -0.05) is 0 Å². The lowest BCUT2D eigenvalue weighted by Gasteiger charge is -2.03. The zero-order valence-corrected chi connectivity index (χ0v) is 10.9. The smallest absolute Gasteiger partial charge is 0.328 e. The first-order valence-corrected chi connectivity index (χ1v) is 6.34. The fraction of sp³-hybridized carbons (Fsp3) is 0. The van der Waals surface area contributed by atoms with Gasteiger partial charge in [0.2, 0.25) is 0 Å². The molecule has 0 aromatic carbocycles. The van der Waals surface area contributed by atoms with Crippen LogP contribution in [0, 0.1) is 5.82 Å². The number of carboxylic acid groups (broad SMARTS) is 1. The summed E-state index contributed by atoms with van der Waals surface area (Å²) in [5, 5.41) is 12.5. The summed E-state index contributed by atoms with van der Waals surface area (Å²) in [6.07, 6.45) is 4.74. The lowest BCUT2D eigenvalue weighted by molar-refractivity contribution is -0.131. The van der Waals surface area contributed by atoms with E-state index in [1.54, 1.807) is 5.38 Å². The molecule has 2 rings (SSSR count). The number of pyridine rings is 1. The van der Waals surface area contributed by atoms with E-state index in [9.17, 15) is 14.0 Å². The van der Waals surface area contributed by atoms with Gasteiger partial charge < -0.3 is 10.4 Å². The highest BCUT2D eigenvalue weighted by molar-refractivity contribution is 7.11. The molecule has 0 saturated heterocycles. The first-order chi connectivity index (χ1) is 9.56. The highest BCUT2D eigenvalue weighted by atomic mass is 32.1. The van der Waals surface area contributed by atoms with E-state index in [0.29, 0.717) is 10.4 Å². The third kappa shape index (κ3) is 3.48. The molecule has 102 valence electrons. The normalized spacial score (nSPS) is 10.7. The molecule has 0 spiro atoms. The van der Waals surface area contributed by atoms with Crippen LogP contribution >= 0.6 is 11.3 Å². The Bertz CT molecular complexity index is 682. The molecule has 1 amide bonds. The van der Waals surface area contributed by atoms with Gasteiger partial charge in [0, 0.05) is 22.5 Å². The summed E-state index contributed by atoms with van der Waals surface area (Å²) < 4.78 is 13.3. The first kappa shape index (κ1) is 13.9. The predicted molar refractivity (Wildman–Crippen MR) is 73.1 cm³/mol. The minimum atomic E-state index is -1.07. The second-order valence-corrected chi connectivity index (χ2v) is 4.66. The molecule has 0 bridgehead atoms. The van der Waals surface area contributed by atoms with Crippen molar-refractivity contribution in [2.24, 2.45) is 0 Å². The largest absolute Gasteiger partial charge is 0.478 e. The number of carbonyl (C=O) groups excluding carboxylic acids is 1. The van der Waals surface area contributed by atoms with Crippen molar-refractivity contribution in [3.05, 3.63) is 52.2 Å². The van der Waals surface area contributed by atoms with Crippen molar-refractivity contribution in [1.29, 1.82) is 0 Å². The maximum absolute atomic E-state index is 13.3. The minimum Gasteiger partial charge on any atom is -0.478 e. The van der Waals surface area contributed by atoms with Gasteiger partial charge in [0.05, 0.1) is 17.4 Å². The molecule has 0 aliphatic heterocycles. The summed E-state index contributed by atoms with van der Waals surface area (Å²) in [6.45, 7) is 0. The summed E-state index contributed by atoms with van der Waals surface area (Å²) >= 11 is 1.22. The average Bonchev–Trinajstić information content (AvgIpc) is 2.88. The average molecular weight is 292 g/mol. The van der Waals surface area contributed by atoms with Crippen molar-refractivity contribution < 1.29 is 19.1 Å². The van der Waals surface area contributed by atoms with Gasteiger partial charge in [0.1, 0.15) is 0 Å². The molecule has 2 heterocycles. The Morgan fingerprint density at radius 1 is 1.45 bits per heavy atom. The van der Waals surface area contributed by atoms with Crippen LogP contribution in [0.2, 0.25) is 0 Å². The van der Waals surface area contributed by atoms with E-state index in [1.807, 2.05) is 0 Å². The number of thiophene rings is 1. The molecule has 5 nitrogen and oxygen atoms in total. The number of aromatic nitrogens is 1. The topological polar surface area (TPSA) is 79.3 Å². The minimum absolute atomic E-state index is 0.0406. The maximum Gasteiger partial charge on any atom is 0.328 e. The quantitative estimate of drug-likeness (QED) is 0.849. The number of anilines is 1. The Morgan fingerprint density at radius 2 is 2.25 bits per heavy atom. The summed E-state index contributed by atoms with van der Waals surface area (Å²) in [4.78, 5) is 26.5. The number of hydrogen-bond donors (Lipinski definition) is 2. The van der Waals surface area contributed by atoms with E-state index in [0.717, 1.165) is 12.3 Å². The third-order valence-corrected chi connectivity index (χ3v) is 3.19. The van der Waals surface area contributed by atoms with Crippen molar-refractivity contribution in [1.82, 2.24) is 4.98 Å². The van der Waals surface area contributed by atoms with Gasteiger partial charge >= 0.3 is 5.97 Å². The molecule has 7 heteroatoms. The zero-order chi connectivity index (χ0) is 14.5. The lowest BCUT2D eigenvalue weighted by atomic mass is 10.2. The van der Waals surface area contributed by atoms with Crippen LogP contribution in [0.25, 0.3) is 6.08 Å². The van der Waals surface area contributed by atoms with Crippen molar-refractivity contribution in [2.75, 3.05) is 5.32 Å². The standard InChI is InChI=1S/C13H9FN2O3S/c14-10-6-15-4-3-11(10)16-13(19)8-5-9(20-7-8)1-2-12(17)18/h1-7H,(H,17,18)(H,15,16,19)/b2-1+. The van der Waals surface area contributed by atoms with Crippen LogP contribution in [0.15, 0.2) is 36.0 Å². The molecule has 2 aromatic rings. The van der Waals surface area contributed by atoms with Crippen LogP contribution in [0.4, 0.5) is 10.1 Å². The van der Waals surface area contributed by atoms with Crippen LogP contribution in [-0.4, -0.2) is 22.0 Å². The third-order valence-electron chi connectivity index (χ3n) is 2.29. The molecule has 0 aliphatic rings. The fourth-order valence-electron chi connectivity index (χ4n) is 1.38. The summed E-state index contributed by atoms with van der Waals surface area (Å²) in [5.41, 5.74) is 0.370. The van der Waals surface area contributed by atoms with Gasteiger partial charge in [-0.15, -0.1) is 11.3 Å². The van der Waals surface area contributed by atoms with E-state index < -0.39 is 17.7 Å². The molecule has 0 radical (unpaired) electrons. The van der Waals surface area contributed by atoms with Crippen LogP contribution in [0.3, 0.4) is 0 Å². The van der Waals surface area contributed by atoms with Gasteiger partial charge in [0.25, 0.3) is 5.91 Å². The van der Waals surface area contributed by atoms with E-state index in [4.69, 9.17) is 5.11 Å². The van der Waals surface area contributed by atoms with Crippen molar-refractivity contribution in [2.45, 2.75) is 0 Å². The number of rotatable bonds is 4. The number of amides is 1. The van der Waals surface area contributed by atoms with Crippen molar-refractivity contribution in [3.8, 4) is 0 Å². The molecule has 2 N–H and O–H groups in total. The summed E-state index contributed by atoms with van der Waals surface area (Å²) in [7, 11) is 0. The molecule has 2 aromatic heterocycles. The Kier molecular flexibility index (Phi) is 4.21. The van der Waals surface area contributed by atoms with Crippen LogP contribution < -0.4 is 5.32 Å². The first-order valence-electron chi connectivity index (χ1n) is 5.46. The van der Waals surface area contributed by atoms with Crippen LogP contribution in [0.5, 0.6) is 0 Å². The molecule has 0 saturated carbocycles. The van der Waals surface area contributed by atoms with E-state index >= 15 is 0 Å². The van der Waals surface area contributed by atoms with E-state index in [1.165, 1.54) is 35.7 Å². The Morgan fingerprint density at radius 3 is 2.95 bits per heavy atom. The molecule has 0 atom stereocenters. The van der Waals surface area contributed by atoms with E-state index in [2.05, 4.69) is 10.3 Å². The number of halogens is 1. The SMILES string of the molecule is O=C(O)/C=C/c1cc(C(=O)Nc2ccncc2F)cs1. The van der Waals surface area contributed by atoms with Crippen LogP contribution in [0.1, 0.15) is 15.2 Å². The molecule has 0 fully saturated rings. The van der Waals surface area contributed by atoms with Gasteiger partial charge in [0.15, 0.2) is 5.82 Å². The van der Waals surface area contributed by atoms with Crippen molar-refractivity contribution >= 4 is 35.0 Å². The van der Waals surface area contributed by atoms with Crippen LogP contribution in [-0.2, 0) is 4.79 Å². The Labute approximate surface area is 117 Å². The summed E-state index contributed by atoms with van der Waals surface area (Å²) in [6, 6.07) is 2.88. The fourth-order valence-corrected chi connectivity index (χ4v) is 2.16. The van der Waals surface area contributed by atoms with Gasteiger partial charge in [-0.3, -0.25) is 9.78 Å². The molecule has 0 aliphatic carbocycles. The molecule has 0 unspecified atom stereocenters. The number of carboxylic acids is 1. The number of carbonyl (C=O) groups is 2. The summed E-state index contributed by atoms with van der Waals surface area (Å²) in [5.74, 6) is -2.16. The second kappa shape index (κ2) is 6.07. The molecule has 20 heavy (non-hydrogen) atoms. The Balaban J connectivity index is 2.10. The second-order valence-electron chi connectivity index (χ2n) is 3.72. The lowest BCUT2D eigenvalue weighted by Crippen LogP contribution is -2.12. The molecular formula is C13H9FN2O3S. The van der Waals surface area contributed by atoms with E-state index in [-0.39, 0.29) is 5.69 Å². The maximum atomic E-state index is 13.3. The predicted octanol–water partition coefficient (Wildman–Crippen LogP) is 2.63. The zero-order valence-electron chi connectivity index (χ0n) is 10.0. The van der Waals surface area contributed by atoms with Gasteiger partial charge in [-0.2, -0.15) is 0 Å². The highest BCUT2D eigenvalue weighted by Gasteiger charge is 2.10. The Hall–Kier alpha value is -2.54. The molecular weight excluding hydrogens is 283 g/mol. The number of nitrogens with zero attached hydrogens (tertiary/aromatic N) is 1. The monoisotopic (exact) mass is 292 g/mol. The van der Waals surface area contributed by atoms with Crippen molar-refractivity contribution in [3.63, 3.8) is 0 Å². The number of hydrogen-bond acceptors (Lipinski definition) is 4. The van der Waals surface area contributed by atoms with Gasteiger partial charge in [-0.25, -0.2) is 9.18 Å². The highest BCUT2D eigenvalue weighted by Crippen LogP contribution is 2.18. The number of nitrogens with one attached hydrogen (secondary N) is 1.